The van der Waals surface area contributed by atoms with Gasteiger partial charge in [-0.25, -0.2) is 0 Å². The van der Waals surface area contributed by atoms with E-state index in [0.717, 1.165) is 12.8 Å². The number of rotatable bonds is 7. The quantitative estimate of drug-likeness (QED) is 0.774. The second-order valence-electron chi connectivity index (χ2n) is 5.64. The van der Waals surface area contributed by atoms with Crippen LogP contribution in [0.15, 0.2) is 24.3 Å². The van der Waals surface area contributed by atoms with Crippen molar-refractivity contribution in [3.05, 3.63) is 35.4 Å². The van der Waals surface area contributed by atoms with E-state index in [0.29, 0.717) is 5.92 Å². The molecule has 0 fully saturated rings. The molecule has 1 aromatic rings. The van der Waals surface area contributed by atoms with E-state index >= 15 is 0 Å². The van der Waals surface area contributed by atoms with Crippen molar-refractivity contribution >= 4 is 5.91 Å². The first kappa shape index (κ1) is 15.7. The third-order valence-electron chi connectivity index (χ3n) is 3.57. The largest absolute Gasteiger partial charge is 0.365 e. The number of carbonyl (C=O) groups excluding carboxylic acids is 1. The van der Waals surface area contributed by atoms with Gasteiger partial charge in [0, 0.05) is 11.5 Å². The molecule has 2 atom stereocenters. The second-order valence-corrected chi connectivity index (χ2v) is 5.64. The fourth-order valence-electron chi connectivity index (χ4n) is 2.32. The Hall–Kier alpha value is -1.35. The van der Waals surface area contributed by atoms with Crippen molar-refractivity contribution in [2.24, 2.45) is 11.7 Å². The van der Waals surface area contributed by atoms with Gasteiger partial charge >= 0.3 is 0 Å². The summed E-state index contributed by atoms with van der Waals surface area (Å²) in [6.07, 6.45) is 2.28. The fraction of sp³-hybridized carbons (Fsp3) is 0.562. The van der Waals surface area contributed by atoms with E-state index in [1.807, 2.05) is 6.92 Å². The van der Waals surface area contributed by atoms with Gasteiger partial charge in [-0.1, -0.05) is 51.5 Å². The van der Waals surface area contributed by atoms with Crippen LogP contribution in [0, 0.1) is 5.92 Å². The number of aryl methyl sites for hydroxylation is 1. The lowest BCUT2D eigenvalue weighted by Gasteiger charge is -2.22. The molecule has 0 aliphatic rings. The van der Waals surface area contributed by atoms with Gasteiger partial charge < -0.3 is 11.1 Å². The minimum atomic E-state index is -0.256. The standard InChI is InChI=1S/C16H26N2O/c1-5-6-13-7-9-14(10-8-13)15(11(2)3)18-12(4)16(17)19/h7-12,15,18H,5-6H2,1-4H3,(H2,17,19)/p+1/t12-,15+/m0/s1. The highest BCUT2D eigenvalue weighted by Gasteiger charge is 2.24. The molecule has 4 N–H and O–H groups in total. The number of hydrogen-bond acceptors (Lipinski definition) is 1. The maximum absolute atomic E-state index is 11.2. The first-order valence-electron chi connectivity index (χ1n) is 7.18. The predicted molar refractivity (Wildman–Crippen MR) is 78.6 cm³/mol. The molecule has 0 aliphatic carbocycles. The van der Waals surface area contributed by atoms with Gasteiger partial charge in [-0.15, -0.1) is 0 Å². The maximum atomic E-state index is 11.2. The summed E-state index contributed by atoms with van der Waals surface area (Å²) in [7, 11) is 0. The summed E-state index contributed by atoms with van der Waals surface area (Å²) >= 11 is 0. The molecular weight excluding hydrogens is 236 g/mol. The molecule has 19 heavy (non-hydrogen) atoms. The van der Waals surface area contributed by atoms with Crippen LogP contribution in [0.4, 0.5) is 0 Å². The lowest BCUT2D eigenvalue weighted by molar-refractivity contribution is -0.719. The summed E-state index contributed by atoms with van der Waals surface area (Å²) in [6, 6.07) is 8.83. The Bertz CT molecular complexity index is 398. The number of quaternary nitrogens is 1. The van der Waals surface area contributed by atoms with E-state index in [-0.39, 0.29) is 18.0 Å². The van der Waals surface area contributed by atoms with Crippen LogP contribution in [-0.4, -0.2) is 11.9 Å². The predicted octanol–water partition coefficient (Wildman–Crippen LogP) is 1.77. The molecule has 0 aliphatic heterocycles. The van der Waals surface area contributed by atoms with Gasteiger partial charge in [0.1, 0.15) is 6.04 Å². The Morgan fingerprint density at radius 3 is 2.21 bits per heavy atom. The molecule has 1 amide bonds. The van der Waals surface area contributed by atoms with Crippen LogP contribution >= 0.6 is 0 Å². The Labute approximate surface area is 116 Å². The summed E-state index contributed by atoms with van der Waals surface area (Å²) in [5.74, 6) is 0.201. The van der Waals surface area contributed by atoms with Crippen molar-refractivity contribution in [3.8, 4) is 0 Å². The second kappa shape index (κ2) is 7.29. The van der Waals surface area contributed by atoms with Crippen molar-refractivity contribution in [1.82, 2.24) is 0 Å². The highest BCUT2D eigenvalue weighted by molar-refractivity contribution is 5.77. The number of primary amides is 1. The SMILES string of the molecule is CCCc1ccc([C@H]([NH2+][C@@H](C)C(N)=O)C(C)C)cc1. The Morgan fingerprint density at radius 2 is 1.79 bits per heavy atom. The lowest BCUT2D eigenvalue weighted by Crippen LogP contribution is -2.93. The molecule has 0 bridgehead atoms. The molecule has 0 heterocycles. The van der Waals surface area contributed by atoms with Crippen LogP contribution in [0.5, 0.6) is 0 Å². The third-order valence-corrected chi connectivity index (χ3v) is 3.57. The topological polar surface area (TPSA) is 59.7 Å². The van der Waals surface area contributed by atoms with E-state index in [1.165, 1.54) is 11.1 Å². The smallest absolute Gasteiger partial charge is 0.275 e. The summed E-state index contributed by atoms with van der Waals surface area (Å²) in [5.41, 5.74) is 7.99. The molecule has 0 saturated carbocycles. The zero-order chi connectivity index (χ0) is 14.4. The van der Waals surface area contributed by atoms with Gasteiger partial charge in [-0.2, -0.15) is 0 Å². The zero-order valence-electron chi connectivity index (χ0n) is 12.5. The van der Waals surface area contributed by atoms with Gasteiger partial charge in [-0.05, 0) is 18.9 Å². The van der Waals surface area contributed by atoms with Crippen molar-refractivity contribution < 1.29 is 10.1 Å². The maximum Gasteiger partial charge on any atom is 0.275 e. The van der Waals surface area contributed by atoms with Gasteiger partial charge in [0.15, 0.2) is 6.04 Å². The van der Waals surface area contributed by atoms with Crippen LogP contribution < -0.4 is 11.1 Å². The monoisotopic (exact) mass is 263 g/mol. The van der Waals surface area contributed by atoms with Crippen LogP contribution in [0.2, 0.25) is 0 Å². The molecule has 0 saturated heterocycles. The summed E-state index contributed by atoms with van der Waals surface area (Å²) in [5, 5.41) is 2.07. The van der Waals surface area contributed by atoms with Crippen molar-refractivity contribution in [1.29, 1.82) is 0 Å². The number of hydrogen-bond donors (Lipinski definition) is 2. The number of benzene rings is 1. The Morgan fingerprint density at radius 1 is 1.21 bits per heavy atom. The Kier molecular flexibility index (Phi) is 6.03. The van der Waals surface area contributed by atoms with Crippen molar-refractivity contribution in [3.63, 3.8) is 0 Å². The normalized spacial score (nSPS) is 14.4. The van der Waals surface area contributed by atoms with E-state index in [2.05, 4.69) is 50.4 Å². The van der Waals surface area contributed by atoms with Gasteiger partial charge in [0.05, 0.1) is 0 Å². The molecule has 3 heteroatoms. The van der Waals surface area contributed by atoms with Crippen LogP contribution in [0.25, 0.3) is 0 Å². The molecule has 0 unspecified atom stereocenters. The van der Waals surface area contributed by atoms with Crippen LogP contribution in [0.1, 0.15) is 51.3 Å². The average molecular weight is 263 g/mol. The first-order valence-corrected chi connectivity index (χ1v) is 7.18. The molecule has 1 rings (SSSR count). The highest BCUT2D eigenvalue weighted by Crippen LogP contribution is 2.19. The molecule has 0 spiro atoms. The third kappa shape index (κ3) is 4.67. The van der Waals surface area contributed by atoms with Gasteiger partial charge in [0.2, 0.25) is 0 Å². The molecule has 1 aromatic carbocycles. The van der Waals surface area contributed by atoms with Crippen LogP contribution in [0.3, 0.4) is 0 Å². The van der Waals surface area contributed by atoms with Crippen molar-refractivity contribution in [2.75, 3.05) is 0 Å². The van der Waals surface area contributed by atoms with Crippen LogP contribution in [-0.2, 0) is 11.2 Å². The summed E-state index contributed by atoms with van der Waals surface area (Å²) in [6.45, 7) is 8.40. The van der Waals surface area contributed by atoms with E-state index < -0.39 is 0 Å². The molecule has 3 nitrogen and oxygen atoms in total. The molecule has 0 aromatic heterocycles. The Balaban J connectivity index is 2.84. The van der Waals surface area contributed by atoms with Gasteiger partial charge in [-0.3, -0.25) is 4.79 Å². The minimum absolute atomic E-state index is 0.192. The molecule has 0 radical (unpaired) electrons. The number of carbonyl (C=O) groups is 1. The summed E-state index contributed by atoms with van der Waals surface area (Å²) in [4.78, 5) is 11.2. The molecular formula is C16H27N2O+. The van der Waals surface area contributed by atoms with Crippen molar-refractivity contribution in [2.45, 2.75) is 52.6 Å². The molecule has 106 valence electrons. The minimum Gasteiger partial charge on any atom is -0.365 e. The van der Waals surface area contributed by atoms with E-state index in [1.54, 1.807) is 0 Å². The van der Waals surface area contributed by atoms with Gasteiger partial charge in [0.25, 0.3) is 5.91 Å². The van der Waals surface area contributed by atoms with E-state index in [4.69, 9.17) is 5.73 Å². The zero-order valence-corrected chi connectivity index (χ0v) is 12.5. The lowest BCUT2D eigenvalue weighted by atomic mass is 9.94. The fourth-order valence-corrected chi connectivity index (χ4v) is 2.32. The average Bonchev–Trinajstić information content (AvgIpc) is 2.36. The number of nitrogens with two attached hydrogens (primary N) is 2. The first-order chi connectivity index (χ1) is 8.95. The van der Waals surface area contributed by atoms with E-state index in [9.17, 15) is 4.79 Å². The summed E-state index contributed by atoms with van der Waals surface area (Å²) < 4.78 is 0. The highest BCUT2D eigenvalue weighted by atomic mass is 16.1. The number of amides is 1.